The molecule has 0 heterocycles. The van der Waals surface area contributed by atoms with E-state index in [9.17, 15) is 0 Å². The molecule has 2 N–H and O–H groups in total. The largest absolute Gasteiger partial charge is 0.396 e. The van der Waals surface area contributed by atoms with Crippen molar-refractivity contribution in [2.24, 2.45) is 0 Å². The molecule has 0 saturated carbocycles. The zero-order chi connectivity index (χ0) is 10.4. The monoisotopic (exact) mass is 275 g/mol. The summed E-state index contributed by atoms with van der Waals surface area (Å²) in [6, 6.07) is 6.27. The van der Waals surface area contributed by atoms with Crippen molar-refractivity contribution < 1.29 is 5.11 Å². The van der Waals surface area contributed by atoms with E-state index in [0.717, 1.165) is 16.8 Å². The van der Waals surface area contributed by atoms with Crippen molar-refractivity contribution in [2.75, 3.05) is 19.4 Å². The maximum atomic E-state index is 8.69. The van der Waals surface area contributed by atoms with Crippen LogP contribution in [0.15, 0.2) is 27.6 Å². The lowest BCUT2D eigenvalue weighted by atomic mass is 10.2. The summed E-state index contributed by atoms with van der Waals surface area (Å²) in [6.45, 7) is 1.09. The fourth-order valence-electron chi connectivity index (χ4n) is 1.12. The van der Waals surface area contributed by atoms with Crippen LogP contribution in [0.5, 0.6) is 0 Å². The molecule has 1 aromatic carbocycles. The summed E-state index contributed by atoms with van der Waals surface area (Å²) in [5.74, 6) is 0.748. The lowest BCUT2D eigenvalue weighted by Gasteiger charge is -2.06. The van der Waals surface area contributed by atoms with Crippen LogP contribution in [0.3, 0.4) is 0 Å². The molecule has 1 rings (SSSR count). The van der Waals surface area contributed by atoms with Gasteiger partial charge in [0.1, 0.15) is 0 Å². The summed E-state index contributed by atoms with van der Waals surface area (Å²) in [6.07, 6.45) is 0. The molecule has 0 bridgehead atoms. The summed E-state index contributed by atoms with van der Waals surface area (Å²) in [7, 11) is 1.93. The van der Waals surface area contributed by atoms with Gasteiger partial charge >= 0.3 is 0 Å². The Kier molecular flexibility index (Phi) is 5.55. The average molecular weight is 276 g/mol. The zero-order valence-electron chi connectivity index (χ0n) is 8.09. The molecule has 0 aromatic heterocycles. The second-order valence-electron chi connectivity index (χ2n) is 2.86. The molecule has 78 valence electrons. The van der Waals surface area contributed by atoms with E-state index in [4.69, 9.17) is 5.11 Å². The molecule has 0 spiro atoms. The zero-order valence-corrected chi connectivity index (χ0v) is 10.5. The highest BCUT2D eigenvalue weighted by molar-refractivity contribution is 9.10. The third kappa shape index (κ3) is 3.61. The fourth-order valence-corrected chi connectivity index (χ4v) is 2.48. The lowest BCUT2D eigenvalue weighted by molar-refractivity contribution is 0.322. The topological polar surface area (TPSA) is 32.3 Å². The molecular formula is C10H14BrNOS. The summed E-state index contributed by atoms with van der Waals surface area (Å²) >= 11 is 5.19. The number of hydrogen-bond donors (Lipinski definition) is 2. The van der Waals surface area contributed by atoms with E-state index in [0.29, 0.717) is 0 Å². The van der Waals surface area contributed by atoms with Gasteiger partial charge in [-0.2, -0.15) is 0 Å². The number of nitrogens with one attached hydrogen (secondary N) is 1. The Morgan fingerprint density at radius 3 is 2.86 bits per heavy atom. The highest BCUT2D eigenvalue weighted by atomic mass is 79.9. The normalized spacial score (nSPS) is 10.5. The van der Waals surface area contributed by atoms with Gasteiger partial charge in [-0.05, 0) is 24.7 Å². The molecule has 4 heteroatoms. The predicted octanol–water partition coefficient (Wildman–Crippen LogP) is 2.25. The van der Waals surface area contributed by atoms with Gasteiger partial charge in [0, 0.05) is 21.7 Å². The minimum Gasteiger partial charge on any atom is -0.396 e. The van der Waals surface area contributed by atoms with Crippen molar-refractivity contribution in [3.8, 4) is 0 Å². The minimum absolute atomic E-state index is 0.223. The van der Waals surface area contributed by atoms with Gasteiger partial charge in [-0.1, -0.05) is 22.0 Å². The fraction of sp³-hybridized carbons (Fsp3) is 0.400. The summed E-state index contributed by atoms with van der Waals surface area (Å²) in [5.41, 5.74) is 1.25. The van der Waals surface area contributed by atoms with Crippen molar-refractivity contribution in [2.45, 2.75) is 11.4 Å². The quantitative estimate of drug-likeness (QED) is 0.809. The number of hydrogen-bond acceptors (Lipinski definition) is 3. The van der Waals surface area contributed by atoms with Gasteiger partial charge in [0.25, 0.3) is 0 Å². The van der Waals surface area contributed by atoms with E-state index in [1.807, 2.05) is 7.05 Å². The van der Waals surface area contributed by atoms with Gasteiger partial charge in [-0.15, -0.1) is 11.8 Å². The van der Waals surface area contributed by atoms with E-state index in [1.54, 1.807) is 11.8 Å². The lowest BCUT2D eigenvalue weighted by Crippen LogP contribution is -2.05. The Bertz CT molecular complexity index is 293. The molecule has 14 heavy (non-hydrogen) atoms. The van der Waals surface area contributed by atoms with E-state index in [-0.39, 0.29) is 6.61 Å². The number of aliphatic hydroxyl groups excluding tert-OH is 1. The van der Waals surface area contributed by atoms with Crippen LogP contribution >= 0.6 is 27.7 Å². The highest BCUT2D eigenvalue weighted by Crippen LogP contribution is 2.25. The molecule has 0 amide bonds. The van der Waals surface area contributed by atoms with Crippen LogP contribution in [0.1, 0.15) is 5.56 Å². The van der Waals surface area contributed by atoms with Gasteiger partial charge in [-0.3, -0.25) is 0 Å². The molecule has 0 radical (unpaired) electrons. The van der Waals surface area contributed by atoms with E-state index in [2.05, 4.69) is 39.4 Å². The van der Waals surface area contributed by atoms with Gasteiger partial charge in [0.15, 0.2) is 0 Å². The molecule has 2 nitrogen and oxygen atoms in total. The van der Waals surface area contributed by atoms with Gasteiger partial charge in [0.05, 0.1) is 6.61 Å². The molecule has 0 aliphatic rings. The van der Waals surface area contributed by atoms with Crippen LogP contribution < -0.4 is 5.32 Å². The highest BCUT2D eigenvalue weighted by Gasteiger charge is 2.00. The molecule has 0 aliphatic heterocycles. The van der Waals surface area contributed by atoms with Gasteiger partial charge in [0.2, 0.25) is 0 Å². The third-order valence-electron chi connectivity index (χ3n) is 1.75. The molecule has 0 atom stereocenters. The van der Waals surface area contributed by atoms with E-state index in [1.165, 1.54) is 10.5 Å². The maximum Gasteiger partial charge on any atom is 0.0525 e. The molecule has 0 aliphatic carbocycles. The number of benzene rings is 1. The summed E-state index contributed by atoms with van der Waals surface area (Å²) in [4.78, 5) is 1.19. The van der Waals surface area contributed by atoms with Crippen molar-refractivity contribution in [3.05, 3.63) is 28.2 Å². The first-order valence-corrected chi connectivity index (χ1v) is 6.22. The minimum atomic E-state index is 0.223. The molecule has 0 saturated heterocycles. The first kappa shape index (κ1) is 12.0. The molecular weight excluding hydrogens is 262 g/mol. The van der Waals surface area contributed by atoms with E-state index < -0.39 is 0 Å². The summed E-state index contributed by atoms with van der Waals surface area (Å²) in [5, 5.41) is 11.8. The van der Waals surface area contributed by atoms with Crippen LogP contribution in [-0.2, 0) is 6.54 Å². The first-order chi connectivity index (χ1) is 6.77. The van der Waals surface area contributed by atoms with Crippen molar-refractivity contribution in [3.63, 3.8) is 0 Å². The SMILES string of the molecule is CNCc1ccc(SCCO)cc1Br. The van der Waals surface area contributed by atoms with Crippen molar-refractivity contribution in [1.29, 1.82) is 0 Å². The third-order valence-corrected chi connectivity index (χ3v) is 3.46. The smallest absolute Gasteiger partial charge is 0.0525 e. The maximum absolute atomic E-state index is 8.69. The van der Waals surface area contributed by atoms with Gasteiger partial charge < -0.3 is 10.4 Å². The van der Waals surface area contributed by atoms with E-state index >= 15 is 0 Å². The van der Waals surface area contributed by atoms with Gasteiger partial charge in [-0.25, -0.2) is 0 Å². The van der Waals surface area contributed by atoms with Crippen LogP contribution in [0.25, 0.3) is 0 Å². The second-order valence-corrected chi connectivity index (χ2v) is 4.88. The number of halogens is 1. The second kappa shape index (κ2) is 6.45. The average Bonchev–Trinajstić information content (AvgIpc) is 2.19. The van der Waals surface area contributed by atoms with Crippen LogP contribution in [0.4, 0.5) is 0 Å². The number of thioether (sulfide) groups is 1. The number of aliphatic hydroxyl groups is 1. The predicted molar refractivity (Wildman–Crippen MR) is 64.7 cm³/mol. The van der Waals surface area contributed by atoms with Crippen LogP contribution in [0.2, 0.25) is 0 Å². The van der Waals surface area contributed by atoms with Crippen LogP contribution in [-0.4, -0.2) is 24.5 Å². The molecule has 0 fully saturated rings. The Balaban J connectivity index is 2.68. The Morgan fingerprint density at radius 2 is 2.29 bits per heavy atom. The Hall–Kier alpha value is -0.0300. The summed E-state index contributed by atoms with van der Waals surface area (Å²) < 4.78 is 1.12. The molecule has 0 unspecified atom stereocenters. The van der Waals surface area contributed by atoms with Crippen molar-refractivity contribution >= 4 is 27.7 Å². The molecule has 1 aromatic rings. The number of rotatable bonds is 5. The Morgan fingerprint density at radius 1 is 1.50 bits per heavy atom. The van der Waals surface area contributed by atoms with Crippen molar-refractivity contribution in [1.82, 2.24) is 5.32 Å². The Labute approximate surface area is 97.2 Å². The van der Waals surface area contributed by atoms with Crippen LogP contribution in [0, 0.1) is 0 Å². The standard InChI is InChI=1S/C10H14BrNOS/c1-12-7-8-2-3-9(6-10(8)11)14-5-4-13/h2-3,6,12-13H,4-5,7H2,1H3. The first-order valence-electron chi connectivity index (χ1n) is 4.44.